The van der Waals surface area contributed by atoms with Crippen LogP contribution in [-0.4, -0.2) is 19.6 Å². The summed E-state index contributed by atoms with van der Waals surface area (Å²) >= 11 is 0. The van der Waals surface area contributed by atoms with Crippen molar-refractivity contribution in [3.8, 4) is 0 Å². The number of hydrogen-bond acceptors (Lipinski definition) is 2. The molecule has 0 aliphatic carbocycles. The van der Waals surface area contributed by atoms with E-state index < -0.39 is 0 Å². The van der Waals surface area contributed by atoms with Gasteiger partial charge in [0.25, 0.3) is 0 Å². The molecule has 16 heavy (non-hydrogen) atoms. The number of nitrogens with two attached hydrogens (primary N) is 1. The van der Waals surface area contributed by atoms with Gasteiger partial charge in [-0.15, -0.1) is 0 Å². The summed E-state index contributed by atoms with van der Waals surface area (Å²) in [6, 6.07) is 8.73. The van der Waals surface area contributed by atoms with Gasteiger partial charge in [-0.1, -0.05) is 32.0 Å². The molecule has 0 saturated heterocycles. The van der Waals surface area contributed by atoms with Crippen LogP contribution in [0.5, 0.6) is 0 Å². The van der Waals surface area contributed by atoms with Gasteiger partial charge in [0, 0.05) is 18.8 Å². The predicted octanol–water partition coefficient (Wildman–Crippen LogP) is 2.42. The van der Waals surface area contributed by atoms with Crippen LogP contribution in [0.2, 0.25) is 0 Å². The highest BCUT2D eigenvalue weighted by atomic mass is 15.2. The topological polar surface area (TPSA) is 29.3 Å². The molecule has 1 aliphatic heterocycles. The van der Waals surface area contributed by atoms with Crippen LogP contribution in [0.3, 0.4) is 0 Å². The zero-order chi connectivity index (χ0) is 11.6. The summed E-state index contributed by atoms with van der Waals surface area (Å²) in [5, 5.41) is 0. The molecule has 1 aromatic rings. The zero-order valence-electron chi connectivity index (χ0n) is 10.4. The van der Waals surface area contributed by atoms with E-state index in [-0.39, 0.29) is 5.41 Å². The maximum Gasteiger partial charge on any atom is 0.0399 e. The van der Waals surface area contributed by atoms with Crippen LogP contribution in [0.25, 0.3) is 0 Å². The van der Waals surface area contributed by atoms with Crippen LogP contribution in [0.15, 0.2) is 24.3 Å². The molecule has 2 nitrogen and oxygen atoms in total. The number of anilines is 1. The van der Waals surface area contributed by atoms with Crippen LogP contribution >= 0.6 is 0 Å². The molecule has 0 radical (unpaired) electrons. The van der Waals surface area contributed by atoms with Crippen molar-refractivity contribution in [2.75, 3.05) is 24.5 Å². The molecule has 1 atom stereocenters. The summed E-state index contributed by atoms with van der Waals surface area (Å²) in [6.45, 7) is 7.51. The molecule has 2 heteroatoms. The Bertz CT molecular complexity index is 356. The third-order valence-corrected chi connectivity index (χ3v) is 3.90. The van der Waals surface area contributed by atoms with E-state index in [0.717, 1.165) is 26.1 Å². The second-order valence-corrected chi connectivity index (χ2v) is 5.17. The molecule has 0 aromatic heterocycles. The predicted molar refractivity (Wildman–Crippen MR) is 69.8 cm³/mol. The van der Waals surface area contributed by atoms with Gasteiger partial charge >= 0.3 is 0 Å². The van der Waals surface area contributed by atoms with Crippen LogP contribution in [-0.2, 0) is 6.42 Å². The van der Waals surface area contributed by atoms with Gasteiger partial charge in [0.2, 0.25) is 0 Å². The van der Waals surface area contributed by atoms with Crippen LogP contribution in [0, 0.1) is 5.41 Å². The summed E-state index contributed by atoms with van der Waals surface area (Å²) in [5.41, 5.74) is 9.03. The highest BCUT2D eigenvalue weighted by Crippen LogP contribution is 2.31. The molecule has 0 spiro atoms. The monoisotopic (exact) mass is 218 g/mol. The van der Waals surface area contributed by atoms with Gasteiger partial charge in [0.05, 0.1) is 0 Å². The molecule has 2 rings (SSSR count). The fraction of sp³-hybridized carbons (Fsp3) is 0.571. The van der Waals surface area contributed by atoms with Gasteiger partial charge in [-0.25, -0.2) is 0 Å². The highest BCUT2D eigenvalue weighted by molar-refractivity contribution is 5.57. The number of para-hydroxylation sites is 1. The van der Waals surface area contributed by atoms with Crippen LogP contribution in [0.1, 0.15) is 25.8 Å². The van der Waals surface area contributed by atoms with Crippen molar-refractivity contribution < 1.29 is 0 Å². The van der Waals surface area contributed by atoms with Crippen molar-refractivity contribution >= 4 is 5.69 Å². The molecule has 0 amide bonds. The van der Waals surface area contributed by atoms with E-state index in [2.05, 4.69) is 43.0 Å². The molecular weight excluding hydrogens is 196 g/mol. The van der Waals surface area contributed by atoms with E-state index in [1.54, 1.807) is 0 Å². The fourth-order valence-electron chi connectivity index (χ4n) is 2.35. The Morgan fingerprint density at radius 3 is 2.81 bits per heavy atom. The molecule has 0 bridgehead atoms. The Morgan fingerprint density at radius 1 is 1.38 bits per heavy atom. The van der Waals surface area contributed by atoms with Crippen molar-refractivity contribution in [2.45, 2.75) is 26.7 Å². The summed E-state index contributed by atoms with van der Waals surface area (Å²) in [7, 11) is 0. The molecule has 1 unspecified atom stereocenters. The van der Waals surface area contributed by atoms with E-state index in [1.165, 1.54) is 17.7 Å². The third-order valence-electron chi connectivity index (χ3n) is 3.90. The Labute approximate surface area is 98.4 Å². The summed E-state index contributed by atoms with van der Waals surface area (Å²) < 4.78 is 0. The smallest absolute Gasteiger partial charge is 0.0399 e. The Morgan fingerprint density at radius 2 is 2.12 bits per heavy atom. The number of rotatable bonds is 4. The first kappa shape index (κ1) is 11.5. The lowest BCUT2D eigenvalue weighted by molar-refractivity contribution is 0.326. The molecule has 1 aromatic carbocycles. The lowest BCUT2D eigenvalue weighted by Gasteiger charge is -2.33. The third kappa shape index (κ3) is 2.07. The average Bonchev–Trinajstić information content (AvgIpc) is 2.73. The zero-order valence-corrected chi connectivity index (χ0v) is 10.4. The van der Waals surface area contributed by atoms with Gasteiger partial charge in [0.15, 0.2) is 0 Å². The van der Waals surface area contributed by atoms with Crippen molar-refractivity contribution in [3.05, 3.63) is 29.8 Å². The maximum absolute atomic E-state index is 5.89. The van der Waals surface area contributed by atoms with Crippen molar-refractivity contribution in [1.82, 2.24) is 0 Å². The second-order valence-electron chi connectivity index (χ2n) is 5.17. The quantitative estimate of drug-likeness (QED) is 0.841. The van der Waals surface area contributed by atoms with Crippen molar-refractivity contribution in [1.29, 1.82) is 0 Å². The van der Waals surface area contributed by atoms with Crippen LogP contribution < -0.4 is 10.6 Å². The summed E-state index contributed by atoms with van der Waals surface area (Å²) in [6.07, 6.45) is 2.32. The second kappa shape index (κ2) is 4.46. The highest BCUT2D eigenvalue weighted by Gasteiger charge is 2.27. The van der Waals surface area contributed by atoms with Crippen LogP contribution in [0.4, 0.5) is 5.69 Å². The van der Waals surface area contributed by atoms with E-state index in [4.69, 9.17) is 5.73 Å². The number of benzene rings is 1. The molecule has 0 fully saturated rings. The largest absolute Gasteiger partial charge is 0.370 e. The molecule has 1 aliphatic rings. The van der Waals surface area contributed by atoms with Gasteiger partial charge in [-0.3, -0.25) is 0 Å². The minimum absolute atomic E-state index is 0.247. The van der Waals surface area contributed by atoms with Gasteiger partial charge < -0.3 is 10.6 Å². The molecule has 0 saturated carbocycles. The number of hydrogen-bond donors (Lipinski definition) is 1. The number of nitrogens with zero attached hydrogens (tertiary/aromatic N) is 1. The van der Waals surface area contributed by atoms with Gasteiger partial charge in [-0.05, 0) is 36.4 Å². The summed E-state index contributed by atoms with van der Waals surface area (Å²) in [4.78, 5) is 2.49. The maximum atomic E-state index is 5.89. The van der Waals surface area contributed by atoms with E-state index in [1.807, 2.05) is 0 Å². The minimum atomic E-state index is 0.247. The van der Waals surface area contributed by atoms with Gasteiger partial charge in [0.1, 0.15) is 0 Å². The van der Waals surface area contributed by atoms with Crippen molar-refractivity contribution in [2.24, 2.45) is 11.1 Å². The molecule has 1 heterocycles. The lowest BCUT2D eigenvalue weighted by Crippen LogP contribution is -2.39. The van der Waals surface area contributed by atoms with E-state index in [9.17, 15) is 0 Å². The first-order valence-electron chi connectivity index (χ1n) is 6.21. The van der Waals surface area contributed by atoms with Gasteiger partial charge in [-0.2, -0.15) is 0 Å². The molecule has 88 valence electrons. The van der Waals surface area contributed by atoms with Crippen molar-refractivity contribution in [3.63, 3.8) is 0 Å². The Balaban J connectivity index is 2.14. The minimum Gasteiger partial charge on any atom is -0.370 e. The summed E-state index contributed by atoms with van der Waals surface area (Å²) in [5.74, 6) is 0. The normalized spacial score (nSPS) is 18.3. The standard InChI is InChI=1S/C14H22N2/c1-3-14(2,10-15)11-16-9-8-12-6-4-5-7-13(12)16/h4-7H,3,8-11,15H2,1-2H3. The van der Waals surface area contributed by atoms with E-state index >= 15 is 0 Å². The Hall–Kier alpha value is -1.02. The lowest BCUT2D eigenvalue weighted by atomic mass is 9.87. The van der Waals surface area contributed by atoms with E-state index in [0.29, 0.717) is 0 Å². The Kier molecular flexibility index (Phi) is 3.20. The molecule has 2 N–H and O–H groups in total. The average molecular weight is 218 g/mol. The SMILES string of the molecule is CCC(C)(CN)CN1CCc2ccccc21. The number of fused-ring (bicyclic) bond motifs is 1. The first-order valence-corrected chi connectivity index (χ1v) is 6.21. The fourth-order valence-corrected chi connectivity index (χ4v) is 2.35. The first-order chi connectivity index (χ1) is 7.68. The molecular formula is C14H22N2.